The van der Waals surface area contributed by atoms with Crippen LogP contribution in [-0.4, -0.2) is 24.8 Å². The lowest BCUT2D eigenvalue weighted by Crippen LogP contribution is -2.57. The van der Waals surface area contributed by atoms with E-state index in [1.54, 1.807) is 0 Å². The van der Waals surface area contributed by atoms with E-state index in [2.05, 4.69) is 19.2 Å². The van der Waals surface area contributed by atoms with Gasteiger partial charge >= 0.3 is 0 Å². The normalized spacial score (nSPS) is 43.4. The maximum Gasteiger partial charge on any atom is 0.0751 e. The van der Waals surface area contributed by atoms with Crippen LogP contribution < -0.4 is 5.32 Å². The SMILES string of the molecule is CC(C)C1OCCC2CC1N2. The van der Waals surface area contributed by atoms with Crippen molar-refractivity contribution < 1.29 is 4.74 Å². The molecule has 0 amide bonds. The van der Waals surface area contributed by atoms with Gasteiger partial charge in [-0.05, 0) is 18.8 Å². The number of nitrogens with one attached hydrogen (secondary N) is 1. The van der Waals surface area contributed by atoms with Crippen molar-refractivity contribution in [2.24, 2.45) is 5.92 Å². The highest BCUT2D eigenvalue weighted by atomic mass is 16.5. The molecule has 1 N–H and O–H groups in total. The van der Waals surface area contributed by atoms with Gasteiger partial charge in [0.15, 0.2) is 0 Å². The number of ether oxygens (including phenoxy) is 1. The van der Waals surface area contributed by atoms with E-state index in [1.807, 2.05) is 0 Å². The highest BCUT2D eigenvalue weighted by Crippen LogP contribution is 2.27. The van der Waals surface area contributed by atoms with Crippen LogP contribution in [0.4, 0.5) is 0 Å². The molecule has 3 unspecified atom stereocenters. The highest BCUT2D eigenvalue weighted by molar-refractivity contribution is 4.96. The minimum atomic E-state index is 0.466. The summed E-state index contributed by atoms with van der Waals surface area (Å²) in [4.78, 5) is 0. The molecule has 0 aromatic carbocycles. The van der Waals surface area contributed by atoms with Crippen molar-refractivity contribution in [2.45, 2.75) is 44.9 Å². The molecule has 3 heterocycles. The van der Waals surface area contributed by atoms with Crippen molar-refractivity contribution in [3.63, 3.8) is 0 Å². The molecule has 3 aliphatic heterocycles. The molecule has 0 saturated carbocycles. The van der Waals surface area contributed by atoms with Gasteiger partial charge in [-0.3, -0.25) is 0 Å². The fourth-order valence-corrected chi connectivity index (χ4v) is 2.13. The second-order valence-electron chi connectivity index (χ2n) is 4.07. The molecule has 0 radical (unpaired) electrons. The topological polar surface area (TPSA) is 21.3 Å². The zero-order valence-electron chi connectivity index (χ0n) is 7.34. The zero-order valence-corrected chi connectivity index (χ0v) is 7.34. The Kier molecular flexibility index (Phi) is 1.90. The summed E-state index contributed by atoms with van der Waals surface area (Å²) < 4.78 is 5.76. The molecule has 0 spiro atoms. The third-order valence-corrected chi connectivity index (χ3v) is 2.82. The van der Waals surface area contributed by atoms with Crippen LogP contribution in [0.2, 0.25) is 0 Å². The Balaban J connectivity index is 1.98. The summed E-state index contributed by atoms with van der Waals surface area (Å²) in [6.45, 7) is 5.44. The molecule has 0 aromatic heterocycles. The lowest BCUT2D eigenvalue weighted by atomic mass is 9.87. The van der Waals surface area contributed by atoms with Crippen LogP contribution in [0.25, 0.3) is 0 Å². The Morgan fingerprint density at radius 3 is 2.82 bits per heavy atom. The second-order valence-corrected chi connectivity index (χ2v) is 4.07. The Morgan fingerprint density at radius 2 is 2.18 bits per heavy atom. The summed E-state index contributed by atoms with van der Waals surface area (Å²) in [6.07, 6.45) is 3.01. The minimum Gasteiger partial charge on any atom is -0.376 e. The molecule has 0 aromatic rings. The number of hydrogen-bond acceptors (Lipinski definition) is 2. The summed E-state index contributed by atoms with van der Waals surface area (Å²) in [5.74, 6) is 0.659. The lowest BCUT2D eigenvalue weighted by Gasteiger charge is -2.39. The maximum absolute atomic E-state index is 5.76. The predicted molar refractivity (Wildman–Crippen MR) is 44.5 cm³/mol. The third kappa shape index (κ3) is 1.30. The highest BCUT2D eigenvalue weighted by Gasteiger charge is 2.38. The zero-order chi connectivity index (χ0) is 7.84. The van der Waals surface area contributed by atoms with Gasteiger partial charge in [-0.15, -0.1) is 0 Å². The van der Waals surface area contributed by atoms with E-state index in [9.17, 15) is 0 Å². The van der Waals surface area contributed by atoms with Gasteiger partial charge in [0.1, 0.15) is 0 Å². The average molecular weight is 155 g/mol. The van der Waals surface area contributed by atoms with Crippen molar-refractivity contribution in [3.8, 4) is 0 Å². The van der Waals surface area contributed by atoms with E-state index >= 15 is 0 Å². The Bertz CT molecular complexity index is 140. The fourth-order valence-electron chi connectivity index (χ4n) is 2.13. The quantitative estimate of drug-likeness (QED) is 0.613. The molecule has 3 saturated heterocycles. The molecule has 3 atom stereocenters. The molecule has 64 valence electrons. The molecule has 3 fully saturated rings. The monoisotopic (exact) mass is 155 g/mol. The Labute approximate surface area is 68.3 Å². The van der Waals surface area contributed by atoms with Gasteiger partial charge in [-0.25, -0.2) is 0 Å². The molecule has 3 aliphatic rings. The van der Waals surface area contributed by atoms with Crippen LogP contribution in [0, 0.1) is 5.92 Å². The van der Waals surface area contributed by atoms with Crippen LogP contribution >= 0.6 is 0 Å². The van der Waals surface area contributed by atoms with Crippen LogP contribution in [-0.2, 0) is 4.74 Å². The summed E-state index contributed by atoms with van der Waals surface area (Å²) in [7, 11) is 0. The van der Waals surface area contributed by atoms with E-state index in [0.29, 0.717) is 18.1 Å². The van der Waals surface area contributed by atoms with Crippen LogP contribution in [0.5, 0.6) is 0 Å². The van der Waals surface area contributed by atoms with Crippen molar-refractivity contribution in [2.75, 3.05) is 6.61 Å². The van der Waals surface area contributed by atoms with E-state index in [4.69, 9.17) is 4.74 Å². The van der Waals surface area contributed by atoms with Gasteiger partial charge in [0.25, 0.3) is 0 Å². The molecule has 2 heteroatoms. The molecule has 3 rings (SSSR count). The first-order valence-corrected chi connectivity index (χ1v) is 4.65. The van der Waals surface area contributed by atoms with E-state index in [-0.39, 0.29) is 0 Å². The first-order chi connectivity index (χ1) is 5.27. The van der Waals surface area contributed by atoms with Crippen molar-refractivity contribution in [3.05, 3.63) is 0 Å². The van der Waals surface area contributed by atoms with Crippen LogP contribution in [0.1, 0.15) is 26.7 Å². The Morgan fingerprint density at radius 1 is 1.45 bits per heavy atom. The van der Waals surface area contributed by atoms with Gasteiger partial charge in [-0.2, -0.15) is 0 Å². The predicted octanol–water partition coefficient (Wildman–Crippen LogP) is 1.16. The van der Waals surface area contributed by atoms with Gasteiger partial charge in [-0.1, -0.05) is 13.8 Å². The molecule has 0 aliphatic carbocycles. The Hall–Kier alpha value is -0.0800. The van der Waals surface area contributed by atoms with Gasteiger partial charge in [0, 0.05) is 18.7 Å². The van der Waals surface area contributed by atoms with Gasteiger partial charge in [0.2, 0.25) is 0 Å². The maximum atomic E-state index is 5.76. The standard InChI is InChI=1S/C9H17NO/c1-6(2)9-8-5-7(10-8)3-4-11-9/h6-10H,3-5H2,1-2H3. The number of fused-ring (bicyclic) bond motifs is 3. The second kappa shape index (κ2) is 2.76. The van der Waals surface area contributed by atoms with Crippen LogP contribution in [0.15, 0.2) is 0 Å². The molecule has 2 nitrogen and oxygen atoms in total. The van der Waals surface area contributed by atoms with Crippen molar-refractivity contribution >= 4 is 0 Å². The largest absolute Gasteiger partial charge is 0.376 e. The van der Waals surface area contributed by atoms with E-state index < -0.39 is 0 Å². The van der Waals surface area contributed by atoms with E-state index in [1.165, 1.54) is 12.8 Å². The smallest absolute Gasteiger partial charge is 0.0751 e. The molecule has 2 bridgehead atoms. The van der Waals surface area contributed by atoms with Gasteiger partial charge in [0.05, 0.1) is 6.10 Å². The molecular weight excluding hydrogens is 138 g/mol. The first kappa shape index (κ1) is 7.56. The number of rotatable bonds is 1. The number of hydrogen-bond donors (Lipinski definition) is 1. The fraction of sp³-hybridized carbons (Fsp3) is 1.00. The minimum absolute atomic E-state index is 0.466. The molecule has 11 heavy (non-hydrogen) atoms. The summed E-state index contributed by atoms with van der Waals surface area (Å²) >= 11 is 0. The summed E-state index contributed by atoms with van der Waals surface area (Å²) in [5.41, 5.74) is 0. The first-order valence-electron chi connectivity index (χ1n) is 4.65. The third-order valence-electron chi connectivity index (χ3n) is 2.82. The van der Waals surface area contributed by atoms with Crippen molar-refractivity contribution in [1.82, 2.24) is 5.32 Å². The molecular formula is C9H17NO. The average Bonchev–Trinajstić information content (AvgIpc) is 2.13. The van der Waals surface area contributed by atoms with E-state index in [0.717, 1.165) is 12.6 Å². The van der Waals surface area contributed by atoms with Gasteiger partial charge < -0.3 is 10.1 Å². The lowest BCUT2D eigenvalue weighted by molar-refractivity contribution is 0.00670. The summed E-state index contributed by atoms with van der Waals surface area (Å²) in [5, 5.41) is 3.55. The van der Waals surface area contributed by atoms with Crippen LogP contribution in [0.3, 0.4) is 0 Å². The summed E-state index contributed by atoms with van der Waals surface area (Å²) in [6, 6.07) is 1.42. The van der Waals surface area contributed by atoms with Crippen molar-refractivity contribution in [1.29, 1.82) is 0 Å².